The molecule has 6 nitrogen and oxygen atoms in total. The average molecular weight is 219 g/mol. The second-order valence-electron chi connectivity index (χ2n) is 3.01. The Bertz CT molecular complexity index is 507. The van der Waals surface area contributed by atoms with E-state index in [9.17, 15) is 4.79 Å². The second-order valence-corrected chi connectivity index (χ2v) is 3.01. The largest absolute Gasteiger partial charge is 0.476 e. The molecule has 0 atom stereocenters. The van der Waals surface area contributed by atoms with Crippen molar-refractivity contribution in [3.05, 3.63) is 36.0 Å². The van der Waals surface area contributed by atoms with E-state index < -0.39 is 5.97 Å². The van der Waals surface area contributed by atoms with E-state index in [1.807, 2.05) is 6.07 Å². The van der Waals surface area contributed by atoms with Crippen LogP contribution in [-0.4, -0.2) is 33.3 Å². The van der Waals surface area contributed by atoms with Crippen LogP contribution in [0.25, 0.3) is 11.3 Å². The van der Waals surface area contributed by atoms with Gasteiger partial charge in [0.05, 0.1) is 0 Å². The molecule has 0 radical (unpaired) electrons. The van der Waals surface area contributed by atoms with Crippen LogP contribution in [0.3, 0.4) is 0 Å². The minimum Gasteiger partial charge on any atom is -0.476 e. The van der Waals surface area contributed by atoms with Crippen molar-refractivity contribution < 1.29 is 14.7 Å². The van der Waals surface area contributed by atoms with Crippen molar-refractivity contribution >= 4 is 5.97 Å². The SMILES string of the molecule is COn1nnc(-c2ccccc2)c1C(=O)O. The fraction of sp³-hybridized carbons (Fsp3) is 0.100. The lowest BCUT2D eigenvalue weighted by atomic mass is 10.1. The van der Waals surface area contributed by atoms with E-state index in [1.54, 1.807) is 24.3 Å². The molecule has 0 saturated carbocycles. The van der Waals surface area contributed by atoms with Crippen LogP contribution in [0.1, 0.15) is 10.5 Å². The van der Waals surface area contributed by atoms with Gasteiger partial charge in [0.15, 0.2) is 0 Å². The quantitative estimate of drug-likeness (QED) is 0.822. The van der Waals surface area contributed by atoms with Gasteiger partial charge >= 0.3 is 5.97 Å². The molecule has 1 aromatic carbocycles. The summed E-state index contributed by atoms with van der Waals surface area (Å²) >= 11 is 0. The minimum absolute atomic E-state index is 0.0892. The molecule has 1 aromatic heterocycles. The molecular formula is C10H9N3O3. The summed E-state index contributed by atoms with van der Waals surface area (Å²) in [5.74, 6) is -1.13. The van der Waals surface area contributed by atoms with E-state index in [-0.39, 0.29) is 11.4 Å². The number of nitrogens with zero attached hydrogens (tertiary/aromatic N) is 3. The molecule has 6 heteroatoms. The highest BCUT2D eigenvalue weighted by Gasteiger charge is 2.21. The van der Waals surface area contributed by atoms with Crippen LogP contribution >= 0.6 is 0 Å². The monoisotopic (exact) mass is 219 g/mol. The first-order valence-electron chi connectivity index (χ1n) is 4.53. The summed E-state index contributed by atoms with van der Waals surface area (Å²) in [5.41, 5.74) is 0.881. The number of hydrogen-bond donors (Lipinski definition) is 1. The average Bonchev–Trinajstić information content (AvgIpc) is 2.73. The Morgan fingerprint density at radius 2 is 2.06 bits per heavy atom. The van der Waals surface area contributed by atoms with E-state index >= 15 is 0 Å². The molecule has 0 aliphatic carbocycles. The third-order valence-corrected chi connectivity index (χ3v) is 2.06. The summed E-state index contributed by atoms with van der Waals surface area (Å²) in [7, 11) is 1.33. The summed E-state index contributed by atoms with van der Waals surface area (Å²) in [6.07, 6.45) is 0. The van der Waals surface area contributed by atoms with Crippen LogP contribution in [-0.2, 0) is 0 Å². The zero-order valence-electron chi connectivity index (χ0n) is 8.49. The normalized spacial score (nSPS) is 10.1. The van der Waals surface area contributed by atoms with Gasteiger partial charge in [-0.25, -0.2) is 4.79 Å². The third kappa shape index (κ3) is 1.60. The molecule has 0 unspecified atom stereocenters. The number of hydrogen-bond acceptors (Lipinski definition) is 4. The standard InChI is InChI=1S/C10H9N3O3/c1-16-13-9(10(14)15)8(11-12-13)7-5-3-2-4-6-7/h2-6H,1H3,(H,14,15). The van der Waals surface area contributed by atoms with Crippen molar-refractivity contribution in [1.82, 2.24) is 15.2 Å². The summed E-state index contributed by atoms with van der Waals surface area (Å²) in [5, 5.41) is 16.4. The van der Waals surface area contributed by atoms with Crippen LogP contribution in [0.15, 0.2) is 30.3 Å². The Hall–Kier alpha value is -2.37. The molecule has 1 heterocycles. The van der Waals surface area contributed by atoms with Crippen LogP contribution in [0, 0.1) is 0 Å². The molecule has 0 spiro atoms. The molecule has 0 fully saturated rings. The van der Waals surface area contributed by atoms with Gasteiger partial charge in [-0.3, -0.25) is 0 Å². The first-order valence-corrected chi connectivity index (χ1v) is 4.53. The number of aromatic carboxylic acids is 1. The van der Waals surface area contributed by atoms with Crippen molar-refractivity contribution in [2.45, 2.75) is 0 Å². The predicted octanol–water partition coefficient (Wildman–Crippen LogP) is 0.702. The third-order valence-electron chi connectivity index (χ3n) is 2.06. The number of carboxylic acid groups (broad SMARTS) is 1. The van der Waals surface area contributed by atoms with Gasteiger partial charge in [-0.05, 0) is 5.21 Å². The summed E-state index contributed by atoms with van der Waals surface area (Å²) in [4.78, 5) is 16.7. The molecule has 2 rings (SSSR count). The van der Waals surface area contributed by atoms with Crippen molar-refractivity contribution in [3.63, 3.8) is 0 Å². The van der Waals surface area contributed by atoms with Gasteiger partial charge in [0.1, 0.15) is 12.8 Å². The Balaban J connectivity index is 2.58. The van der Waals surface area contributed by atoms with Crippen LogP contribution in [0.2, 0.25) is 0 Å². The highest BCUT2D eigenvalue weighted by molar-refractivity contribution is 5.92. The Labute approximate surface area is 91.0 Å². The topological polar surface area (TPSA) is 77.2 Å². The zero-order valence-corrected chi connectivity index (χ0v) is 8.49. The molecular weight excluding hydrogens is 210 g/mol. The molecule has 0 saturated heterocycles. The number of carboxylic acids is 1. The Morgan fingerprint density at radius 3 is 2.62 bits per heavy atom. The lowest BCUT2D eigenvalue weighted by Gasteiger charge is -2.00. The highest BCUT2D eigenvalue weighted by Crippen LogP contribution is 2.19. The molecule has 0 aliphatic rings. The van der Waals surface area contributed by atoms with Gasteiger partial charge in [-0.2, -0.15) is 0 Å². The maximum absolute atomic E-state index is 11.1. The van der Waals surface area contributed by atoms with E-state index in [0.717, 1.165) is 4.85 Å². The van der Waals surface area contributed by atoms with Crippen LogP contribution in [0.4, 0.5) is 0 Å². The first-order chi connectivity index (χ1) is 7.74. The lowest BCUT2D eigenvalue weighted by Crippen LogP contribution is -2.15. The summed E-state index contributed by atoms with van der Waals surface area (Å²) < 4.78 is 0. The minimum atomic E-state index is -1.13. The number of rotatable bonds is 3. The molecule has 1 N–H and O–H groups in total. The van der Waals surface area contributed by atoms with Gasteiger partial charge in [-0.1, -0.05) is 35.2 Å². The fourth-order valence-corrected chi connectivity index (χ4v) is 1.37. The van der Waals surface area contributed by atoms with E-state index in [0.29, 0.717) is 5.56 Å². The van der Waals surface area contributed by atoms with Gasteiger partial charge < -0.3 is 9.94 Å². The molecule has 16 heavy (non-hydrogen) atoms. The van der Waals surface area contributed by atoms with Gasteiger partial charge in [0.25, 0.3) is 0 Å². The van der Waals surface area contributed by atoms with Crippen molar-refractivity contribution in [2.24, 2.45) is 0 Å². The summed E-state index contributed by atoms with van der Waals surface area (Å²) in [6.45, 7) is 0. The smallest absolute Gasteiger partial charge is 0.360 e. The van der Waals surface area contributed by atoms with Crippen molar-refractivity contribution in [2.75, 3.05) is 7.11 Å². The molecule has 0 bridgehead atoms. The van der Waals surface area contributed by atoms with Gasteiger partial charge in [0, 0.05) is 5.56 Å². The second kappa shape index (κ2) is 4.01. The van der Waals surface area contributed by atoms with Crippen LogP contribution < -0.4 is 4.84 Å². The van der Waals surface area contributed by atoms with Crippen molar-refractivity contribution in [3.8, 4) is 11.3 Å². The fourth-order valence-electron chi connectivity index (χ4n) is 1.37. The van der Waals surface area contributed by atoms with Gasteiger partial charge in [-0.15, -0.1) is 5.10 Å². The summed E-state index contributed by atoms with van der Waals surface area (Å²) in [6, 6.07) is 8.96. The Morgan fingerprint density at radius 1 is 1.38 bits per heavy atom. The Kier molecular flexibility index (Phi) is 2.55. The van der Waals surface area contributed by atoms with Crippen LogP contribution in [0.5, 0.6) is 0 Å². The van der Waals surface area contributed by atoms with Crippen molar-refractivity contribution in [1.29, 1.82) is 0 Å². The molecule has 2 aromatic rings. The highest BCUT2D eigenvalue weighted by atomic mass is 16.7. The van der Waals surface area contributed by atoms with E-state index in [2.05, 4.69) is 10.3 Å². The first kappa shape index (κ1) is 10.2. The van der Waals surface area contributed by atoms with E-state index in [1.165, 1.54) is 7.11 Å². The molecule has 0 aliphatic heterocycles. The van der Waals surface area contributed by atoms with Gasteiger partial charge in [0.2, 0.25) is 5.69 Å². The molecule has 0 amide bonds. The number of aromatic nitrogens is 3. The maximum atomic E-state index is 11.1. The predicted molar refractivity (Wildman–Crippen MR) is 54.9 cm³/mol. The lowest BCUT2D eigenvalue weighted by molar-refractivity contribution is 0.0609. The van der Waals surface area contributed by atoms with E-state index in [4.69, 9.17) is 9.94 Å². The number of benzene rings is 1. The maximum Gasteiger partial charge on any atom is 0.360 e. The zero-order chi connectivity index (χ0) is 11.5. The number of carbonyl (C=O) groups is 1. The molecule has 82 valence electrons.